The Balaban J connectivity index is 2.51. The van der Waals surface area contributed by atoms with Crippen LogP contribution in [0.2, 0.25) is 5.02 Å². The van der Waals surface area contributed by atoms with E-state index in [0.717, 1.165) is 11.3 Å². The molecule has 2 rings (SSSR count). The molecule has 0 fully saturated rings. The van der Waals surface area contributed by atoms with Crippen molar-refractivity contribution in [2.24, 2.45) is 0 Å². The zero-order valence-electron chi connectivity index (χ0n) is 10.0. The zero-order chi connectivity index (χ0) is 12.6. The number of ketones is 1. The maximum absolute atomic E-state index is 12.3. The van der Waals surface area contributed by atoms with Gasteiger partial charge in [-0.2, -0.15) is 0 Å². The number of halogens is 1. The minimum Gasteiger partial charge on any atom is -0.466 e. The summed E-state index contributed by atoms with van der Waals surface area (Å²) in [5.41, 5.74) is 2.00. The molecule has 1 aromatic carbocycles. The number of carbonyl (C=O) groups is 1. The molecular formula is C14H13ClO2. The number of benzene rings is 1. The molecule has 0 saturated carbocycles. The molecule has 0 atom stereocenters. The van der Waals surface area contributed by atoms with Gasteiger partial charge in [0.1, 0.15) is 11.5 Å². The Labute approximate surface area is 105 Å². The van der Waals surface area contributed by atoms with Gasteiger partial charge in [-0.1, -0.05) is 23.7 Å². The molecule has 0 aliphatic heterocycles. The molecule has 0 aliphatic carbocycles. The summed E-state index contributed by atoms with van der Waals surface area (Å²) in [6.45, 7) is 5.48. The Hall–Kier alpha value is -1.54. The van der Waals surface area contributed by atoms with Crippen LogP contribution in [0.25, 0.3) is 0 Å². The van der Waals surface area contributed by atoms with Gasteiger partial charge in [-0.25, -0.2) is 0 Å². The quantitative estimate of drug-likeness (QED) is 0.750. The van der Waals surface area contributed by atoms with Gasteiger partial charge in [0, 0.05) is 5.56 Å². The predicted molar refractivity (Wildman–Crippen MR) is 67.8 cm³/mol. The van der Waals surface area contributed by atoms with Crippen LogP contribution in [0.3, 0.4) is 0 Å². The van der Waals surface area contributed by atoms with Crippen molar-refractivity contribution < 1.29 is 9.21 Å². The number of carbonyl (C=O) groups excluding carboxylic acids is 1. The molecule has 2 nitrogen and oxygen atoms in total. The highest BCUT2D eigenvalue weighted by Gasteiger charge is 2.18. The maximum atomic E-state index is 12.3. The third-order valence-corrected chi connectivity index (χ3v) is 3.22. The third kappa shape index (κ3) is 2.13. The van der Waals surface area contributed by atoms with Crippen molar-refractivity contribution in [3.8, 4) is 0 Å². The van der Waals surface area contributed by atoms with Crippen molar-refractivity contribution in [1.29, 1.82) is 0 Å². The first-order valence-electron chi connectivity index (χ1n) is 5.37. The molecule has 0 bridgehead atoms. The van der Waals surface area contributed by atoms with E-state index in [1.54, 1.807) is 19.1 Å². The van der Waals surface area contributed by atoms with Gasteiger partial charge < -0.3 is 4.42 Å². The van der Waals surface area contributed by atoms with Crippen molar-refractivity contribution in [3.63, 3.8) is 0 Å². The second-order valence-corrected chi connectivity index (χ2v) is 4.47. The molecule has 0 aliphatic rings. The van der Waals surface area contributed by atoms with Gasteiger partial charge in [-0.15, -0.1) is 0 Å². The van der Waals surface area contributed by atoms with E-state index in [1.807, 2.05) is 26.0 Å². The van der Waals surface area contributed by atoms with E-state index in [1.165, 1.54) is 0 Å². The second kappa shape index (κ2) is 4.38. The molecule has 1 aromatic heterocycles. The van der Waals surface area contributed by atoms with Crippen molar-refractivity contribution >= 4 is 17.4 Å². The lowest BCUT2D eigenvalue weighted by Gasteiger charge is -2.04. The van der Waals surface area contributed by atoms with Crippen LogP contribution < -0.4 is 0 Å². The van der Waals surface area contributed by atoms with Crippen molar-refractivity contribution in [2.45, 2.75) is 20.8 Å². The Kier molecular flexibility index (Phi) is 3.07. The molecule has 0 spiro atoms. The highest BCUT2D eigenvalue weighted by Crippen LogP contribution is 2.25. The molecule has 0 amide bonds. The van der Waals surface area contributed by atoms with Crippen LogP contribution in [0.15, 0.2) is 28.7 Å². The SMILES string of the molecule is Cc1cc(C(=O)c2cccc(C)c2Cl)c(C)o1. The molecule has 0 radical (unpaired) electrons. The number of rotatable bonds is 2. The van der Waals surface area contributed by atoms with Gasteiger partial charge >= 0.3 is 0 Å². The van der Waals surface area contributed by atoms with E-state index >= 15 is 0 Å². The van der Waals surface area contributed by atoms with Gasteiger partial charge in [0.05, 0.1) is 10.6 Å². The monoisotopic (exact) mass is 248 g/mol. The standard InChI is InChI=1S/C14H13ClO2/c1-8-5-4-6-11(13(8)15)14(16)12-7-9(2)17-10(12)3/h4-7H,1-3H3. The van der Waals surface area contributed by atoms with Crippen molar-refractivity contribution in [3.05, 3.63) is 57.5 Å². The summed E-state index contributed by atoms with van der Waals surface area (Å²) in [6.07, 6.45) is 0. The first-order chi connectivity index (χ1) is 8.00. The van der Waals surface area contributed by atoms with Crippen LogP contribution in [0, 0.1) is 20.8 Å². The smallest absolute Gasteiger partial charge is 0.198 e. The van der Waals surface area contributed by atoms with E-state index in [0.29, 0.717) is 21.9 Å². The molecule has 0 unspecified atom stereocenters. The average Bonchev–Trinajstić information content (AvgIpc) is 2.61. The normalized spacial score (nSPS) is 10.6. The van der Waals surface area contributed by atoms with Gasteiger partial charge in [-0.3, -0.25) is 4.79 Å². The Bertz CT molecular complexity index is 582. The van der Waals surface area contributed by atoms with Gasteiger partial charge in [-0.05, 0) is 38.5 Å². The van der Waals surface area contributed by atoms with E-state index in [4.69, 9.17) is 16.0 Å². The van der Waals surface area contributed by atoms with Crippen molar-refractivity contribution in [1.82, 2.24) is 0 Å². The first kappa shape index (κ1) is 11.9. The van der Waals surface area contributed by atoms with E-state index < -0.39 is 0 Å². The summed E-state index contributed by atoms with van der Waals surface area (Å²) in [4.78, 5) is 12.3. The lowest BCUT2D eigenvalue weighted by Crippen LogP contribution is -2.03. The van der Waals surface area contributed by atoms with Gasteiger partial charge in [0.15, 0.2) is 5.78 Å². The summed E-state index contributed by atoms with van der Waals surface area (Å²) in [7, 11) is 0. The van der Waals surface area contributed by atoms with Crippen LogP contribution in [-0.2, 0) is 0 Å². The molecular weight excluding hydrogens is 236 g/mol. The maximum Gasteiger partial charge on any atom is 0.198 e. The van der Waals surface area contributed by atoms with Gasteiger partial charge in [0.25, 0.3) is 0 Å². The fraction of sp³-hybridized carbons (Fsp3) is 0.214. The molecule has 88 valence electrons. The molecule has 2 aromatic rings. The zero-order valence-corrected chi connectivity index (χ0v) is 10.8. The van der Waals surface area contributed by atoms with E-state index in [-0.39, 0.29) is 5.78 Å². The minimum atomic E-state index is -0.0898. The summed E-state index contributed by atoms with van der Waals surface area (Å²) in [6, 6.07) is 7.19. The van der Waals surface area contributed by atoms with Crippen LogP contribution in [0.1, 0.15) is 33.0 Å². The molecule has 1 heterocycles. The van der Waals surface area contributed by atoms with Crippen LogP contribution in [0.4, 0.5) is 0 Å². The summed E-state index contributed by atoms with van der Waals surface area (Å²) in [5.74, 6) is 1.27. The Morgan fingerprint density at radius 3 is 2.47 bits per heavy atom. The largest absolute Gasteiger partial charge is 0.466 e. The van der Waals surface area contributed by atoms with Crippen LogP contribution in [-0.4, -0.2) is 5.78 Å². The second-order valence-electron chi connectivity index (χ2n) is 4.09. The molecule has 0 saturated heterocycles. The highest BCUT2D eigenvalue weighted by molar-refractivity contribution is 6.35. The third-order valence-electron chi connectivity index (χ3n) is 2.72. The topological polar surface area (TPSA) is 30.2 Å². The molecule has 3 heteroatoms. The minimum absolute atomic E-state index is 0.0898. The van der Waals surface area contributed by atoms with E-state index in [9.17, 15) is 4.79 Å². The predicted octanol–water partition coefficient (Wildman–Crippen LogP) is 4.09. The fourth-order valence-electron chi connectivity index (χ4n) is 1.82. The molecule has 0 N–H and O–H groups in total. The Morgan fingerprint density at radius 1 is 1.18 bits per heavy atom. The number of hydrogen-bond acceptors (Lipinski definition) is 2. The van der Waals surface area contributed by atoms with Crippen LogP contribution in [0.5, 0.6) is 0 Å². The number of aryl methyl sites for hydroxylation is 3. The lowest BCUT2D eigenvalue weighted by molar-refractivity contribution is 0.103. The fourth-order valence-corrected chi connectivity index (χ4v) is 2.04. The lowest BCUT2D eigenvalue weighted by atomic mass is 10.0. The first-order valence-corrected chi connectivity index (χ1v) is 5.75. The molecule has 17 heavy (non-hydrogen) atoms. The Morgan fingerprint density at radius 2 is 1.88 bits per heavy atom. The van der Waals surface area contributed by atoms with Crippen LogP contribution >= 0.6 is 11.6 Å². The number of hydrogen-bond donors (Lipinski definition) is 0. The van der Waals surface area contributed by atoms with E-state index in [2.05, 4.69) is 0 Å². The highest BCUT2D eigenvalue weighted by atomic mass is 35.5. The van der Waals surface area contributed by atoms with Crippen molar-refractivity contribution in [2.75, 3.05) is 0 Å². The summed E-state index contributed by atoms with van der Waals surface area (Å²) < 4.78 is 5.36. The average molecular weight is 249 g/mol. The number of furan rings is 1. The summed E-state index contributed by atoms with van der Waals surface area (Å²) in [5, 5.41) is 0.510. The van der Waals surface area contributed by atoms with Gasteiger partial charge in [0.2, 0.25) is 0 Å². The summed E-state index contributed by atoms with van der Waals surface area (Å²) >= 11 is 6.15.